The molecule has 0 radical (unpaired) electrons. The highest BCUT2D eigenvalue weighted by molar-refractivity contribution is 4.85. The molecule has 0 aromatic carbocycles. The molecule has 19 heavy (non-hydrogen) atoms. The normalized spacial score (nSPS) is 33.3. The van der Waals surface area contributed by atoms with Crippen LogP contribution in [0.5, 0.6) is 0 Å². The average molecular weight is 270 g/mol. The molecule has 0 amide bonds. The minimum absolute atomic E-state index is 0.0687. The molecule has 1 unspecified atom stereocenters. The summed E-state index contributed by atoms with van der Waals surface area (Å²) in [5.74, 6) is 1.44. The fourth-order valence-electron chi connectivity index (χ4n) is 3.46. The molecule has 0 bridgehead atoms. The molecular weight excluding hydrogens is 236 g/mol. The fourth-order valence-corrected chi connectivity index (χ4v) is 3.46. The third kappa shape index (κ3) is 5.07. The van der Waals surface area contributed by atoms with Crippen molar-refractivity contribution < 1.29 is 9.78 Å². The van der Waals surface area contributed by atoms with Gasteiger partial charge in [0.15, 0.2) is 0 Å². The van der Waals surface area contributed by atoms with E-state index >= 15 is 0 Å². The van der Waals surface area contributed by atoms with Crippen molar-refractivity contribution in [1.82, 2.24) is 0 Å². The predicted octanol–water partition coefficient (Wildman–Crippen LogP) is 5.51. The molecule has 0 N–H and O–H groups in total. The van der Waals surface area contributed by atoms with E-state index in [2.05, 4.69) is 34.6 Å². The molecule has 2 heteroatoms. The molecule has 0 aromatic heterocycles. The Morgan fingerprint density at radius 1 is 1.16 bits per heavy atom. The van der Waals surface area contributed by atoms with Crippen LogP contribution in [0.15, 0.2) is 0 Å². The second kappa shape index (κ2) is 8.26. The molecule has 0 spiro atoms. The second-order valence-corrected chi connectivity index (χ2v) is 6.57. The van der Waals surface area contributed by atoms with Crippen LogP contribution in [0.4, 0.5) is 0 Å². The van der Waals surface area contributed by atoms with Gasteiger partial charge >= 0.3 is 0 Å². The summed E-state index contributed by atoms with van der Waals surface area (Å²) in [6, 6.07) is 0. The van der Waals surface area contributed by atoms with E-state index in [-0.39, 0.29) is 5.60 Å². The summed E-state index contributed by atoms with van der Waals surface area (Å²) in [4.78, 5) is 11.5. The van der Waals surface area contributed by atoms with Crippen molar-refractivity contribution in [3.8, 4) is 0 Å². The lowest BCUT2D eigenvalue weighted by Gasteiger charge is -2.42. The standard InChI is InChI=1S/C17H34O2/c1-6-10-11-14(7-2)12-17(5)13-15(8-3)16(9-4)18-19-17/h14-16H,6-13H2,1-5H3/t14?,15-,16-,17+/m0/s1. The maximum atomic E-state index is 5.81. The van der Waals surface area contributed by atoms with Crippen molar-refractivity contribution >= 4 is 0 Å². The van der Waals surface area contributed by atoms with Crippen molar-refractivity contribution in [2.24, 2.45) is 11.8 Å². The van der Waals surface area contributed by atoms with Gasteiger partial charge < -0.3 is 0 Å². The predicted molar refractivity (Wildman–Crippen MR) is 81.0 cm³/mol. The van der Waals surface area contributed by atoms with Gasteiger partial charge in [0.25, 0.3) is 0 Å². The van der Waals surface area contributed by atoms with Crippen molar-refractivity contribution in [1.29, 1.82) is 0 Å². The minimum atomic E-state index is -0.0687. The zero-order valence-electron chi connectivity index (χ0n) is 13.7. The molecule has 1 aliphatic heterocycles. The van der Waals surface area contributed by atoms with Gasteiger partial charge in [0, 0.05) is 0 Å². The molecule has 0 aliphatic carbocycles. The third-order valence-electron chi connectivity index (χ3n) is 4.78. The van der Waals surface area contributed by atoms with Gasteiger partial charge in [-0.05, 0) is 38.0 Å². The molecule has 4 atom stereocenters. The Morgan fingerprint density at radius 3 is 2.42 bits per heavy atom. The second-order valence-electron chi connectivity index (χ2n) is 6.57. The monoisotopic (exact) mass is 270 g/mol. The van der Waals surface area contributed by atoms with Crippen molar-refractivity contribution in [2.75, 3.05) is 0 Å². The zero-order valence-corrected chi connectivity index (χ0v) is 13.7. The number of rotatable bonds is 8. The highest BCUT2D eigenvalue weighted by Crippen LogP contribution is 2.39. The molecule has 1 heterocycles. The van der Waals surface area contributed by atoms with Gasteiger partial charge in [-0.3, -0.25) is 0 Å². The zero-order chi connectivity index (χ0) is 14.3. The number of hydrogen-bond donors (Lipinski definition) is 0. The summed E-state index contributed by atoms with van der Waals surface area (Å²) in [6.07, 6.45) is 10.1. The van der Waals surface area contributed by atoms with Crippen molar-refractivity contribution in [3.05, 3.63) is 0 Å². The van der Waals surface area contributed by atoms with Crippen LogP contribution in [0.2, 0.25) is 0 Å². The Hall–Kier alpha value is -0.0800. The van der Waals surface area contributed by atoms with Gasteiger partial charge in [-0.2, -0.15) is 0 Å². The minimum Gasteiger partial charge on any atom is -0.233 e. The van der Waals surface area contributed by atoms with Crippen LogP contribution < -0.4 is 0 Å². The van der Waals surface area contributed by atoms with E-state index in [4.69, 9.17) is 9.78 Å². The summed E-state index contributed by atoms with van der Waals surface area (Å²) < 4.78 is 0. The first kappa shape index (κ1) is 17.0. The fraction of sp³-hybridized carbons (Fsp3) is 1.00. The molecular formula is C17H34O2. The van der Waals surface area contributed by atoms with Crippen LogP contribution in [-0.2, 0) is 9.78 Å². The first-order valence-corrected chi connectivity index (χ1v) is 8.42. The molecule has 2 nitrogen and oxygen atoms in total. The van der Waals surface area contributed by atoms with Gasteiger partial charge in [0.1, 0.15) is 5.60 Å². The number of hydrogen-bond acceptors (Lipinski definition) is 2. The topological polar surface area (TPSA) is 18.5 Å². The van der Waals surface area contributed by atoms with Gasteiger partial charge in [-0.1, -0.05) is 59.8 Å². The van der Waals surface area contributed by atoms with E-state index < -0.39 is 0 Å². The van der Waals surface area contributed by atoms with Crippen LogP contribution in [0.25, 0.3) is 0 Å². The first-order valence-electron chi connectivity index (χ1n) is 8.42. The molecule has 114 valence electrons. The van der Waals surface area contributed by atoms with Crippen LogP contribution in [0.1, 0.15) is 86.0 Å². The lowest BCUT2D eigenvalue weighted by atomic mass is 9.78. The summed E-state index contributed by atoms with van der Waals surface area (Å²) in [5, 5.41) is 0. The van der Waals surface area contributed by atoms with E-state index in [0.29, 0.717) is 12.0 Å². The van der Waals surface area contributed by atoms with E-state index in [1.807, 2.05) is 0 Å². The van der Waals surface area contributed by atoms with Gasteiger partial charge in [-0.15, -0.1) is 0 Å². The molecule has 1 aliphatic rings. The maximum Gasteiger partial charge on any atom is 0.101 e. The smallest absolute Gasteiger partial charge is 0.101 e. The van der Waals surface area contributed by atoms with Gasteiger partial charge in [-0.25, -0.2) is 9.78 Å². The quantitative estimate of drug-likeness (QED) is 0.541. The van der Waals surface area contributed by atoms with E-state index in [1.165, 1.54) is 32.1 Å². The Balaban J connectivity index is 2.55. The largest absolute Gasteiger partial charge is 0.233 e. The summed E-state index contributed by atoms with van der Waals surface area (Å²) in [7, 11) is 0. The Morgan fingerprint density at radius 2 is 1.89 bits per heavy atom. The summed E-state index contributed by atoms with van der Waals surface area (Å²) >= 11 is 0. The lowest BCUT2D eigenvalue weighted by Crippen LogP contribution is -2.44. The van der Waals surface area contributed by atoms with E-state index in [9.17, 15) is 0 Å². The molecule has 0 saturated carbocycles. The molecule has 0 aromatic rings. The highest BCUT2D eigenvalue weighted by atomic mass is 17.2. The number of unbranched alkanes of at least 4 members (excludes halogenated alkanes) is 1. The molecule has 1 rings (SSSR count). The summed E-state index contributed by atoms with van der Waals surface area (Å²) in [6.45, 7) is 11.3. The average Bonchev–Trinajstić information content (AvgIpc) is 2.43. The van der Waals surface area contributed by atoms with E-state index in [1.54, 1.807) is 0 Å². The van der Waals surface area contributed by atoms with Crippen molar-refractivity contribution in [2.45, 2.75) is 97.7 Å². The Bertz CT molecular complexity index is 241. The first-order chi connectivity index (χ1) is 9.08. The molecule has 1 fully saturated rings. The van der Waals surface area contributed by atoms with Gasteiger partial charge in [0.2, 0.25) is 0 Å². The molecule has 1 saturated heterocycles. The van der Waals surface area contributed by atoms with E-state index in [0.717, 1.165) is 25.2 Å². The highest BCUT2D eigenvalue weighted by Gasteiger charge is 2.40. The maximum absolute atomic E-state index is 5.81. The van der Waals surface area contributed by atoms with Gasteiger partial charge in [0.05, 0.1) is 6.10 Å². The van der Waals surface area contributed by atoms with Crippen LogP contribution in [-0.4, -0.2) is 11.7 Å². The van der Waals surface area contributed by atoms with Crippen molar-refractivity contribution in [3.63, 3.8) is 0 Å². The van der Waals surface area contributed by atoms with Crippen LogP contribution in [0.3, 0.4) is 0 Å². The van der Waals surface area contributed by atoms with Crippen LogP contribution >= 0.6 is 0 Å². The van der Waals surface area contributed by atoms with Crippen LogP contribution in [0, 0.1) is 11.8 Å². The Kier molecular flexibility index (Phi) is 7.38. The SMILES string of the molecule is CCCCC(CC)C[C@]1(C)C[C@H](CC)[C@H](CC)OO1. The lowest BCUT2D eigenvalue weighted by molar-refractivity contribution is -0.420. The Labute approximate surface area is 120 Å². The summed E-state index contributed by atoms with van der Waals surface area (Å²) in [5.41, 5.74) is -0.0687. The third-order valence-corrected chi connectivity index (χ3v) is 4.78.